The molecule has 0 aliphatic carbocycles. The molecule has 1 nitrogen and oxygen atoms in total. The molecule has 1 N–H and O–H groups in total. The third kappa shape index (κ3) is 3.01. The minimum Gasteiger partial charge on any atom is -0.309 e. The molecule has 0 saturated heterocycles. The van der Waals surface area contributed by atoms with Gasteiger partial charge >= 0.3 is 0 Å². The van der Waals surface area contributed by atoms with Gasteiger partial charge in [0, 0.05) is 10.0 Å². The van der Waals surface area contributed by atoms with Crippen molar-refractivity contribution < 1.29 is 8.78 Å². The van der Waals surface area contributed by atoms with Crippen molar-refractivity contribution in [2.75, 3.05) is 7.05 Å². The first kappa shape index (κ1) is 14.2. The van der Waals surface area contributed by atoms with Crippen LogP contribution < -0.4 is 5.32 Å². The van der Waals surface area contributed by atoms with Crippen molar-refractivity contribution in [3.63, 3.8) is 0 Å². The first-order valence-corrected chi connectivity index (χ1v) is 6.70. The molecule has 0 aromatic heterocycles. The molecule has 0 aliphatic rings. The minimum absolute atomic E-state index is 0.309. The standard InChI is InChI=1S/C15H14BrF2N/c1-9-6-14(18)12(8-13(9)17)15(19-2)10-4-3-5-11(16)7-10/h3-8,15,19H,1-2H3. The summed E-state index contributed by atoms with van der Waals surface area (Å²) in [6.45, 7) is 1.55. The van der Waals surface area contributed by atoms with Gasteiger partial charge in [-0.3, -0.25) is 0 Å². The van der Waals surface area contributed by atoms with E-state index >= 15 is 0 Å². The van der Waals surface area contributed by atoms with E-state index in [2.05, 4.69) is 21.2 Å². The first-order chi connectivity index (χ1) is 9.02. The van der Waals surface area contributed by atoms with Gasteiger partial charge in [0.1, 0.15) is 11.6 Å². The lowest BCUT2D eigenvalue weighted by Gasteiger charge is -2.19. The van der Waals surface area contributed by atoms with Crippen LogP contribution in [-0.2, 0) is 0 Å². The minimum atomic E-state index is -0.404. The van der Waals surface area contributed by atoms with Gasteiger partial charge < -0.3 is 5.32 Å². The smallest absolute Gasteiger partial charge is 0.128 e. The Labute approximate surface area is 119 Å². The van der Waals surface area contributed by atoms with Gasteiger partial charge in [0.25, 0.3) is 0 Å². The van der Waals surface area contributed by atoms with Crippen LogP contribution in [0.25, 0.3) is 0 Å². The molecule has 100 valence electrons. The monoisotopic (exact) mass is 325 g/mol. The van der Waals surface area contributed by atoms with E-state index < -0.39 is 11.6 Å². The lowest BCUT2D eigenvalue weighted by atomic mass is 9.97. The Morgan fingerprint density at radius 2 is 1.84 bits per heavy atom. The highest BCUT2D eigenvalue weighted by Gasteiger charge is 2.18. The molecule has 2 rings (SSSR count). The van der Waals surface area contributed by atoms with Crippen LogP contribution in [0.3, 0.4) is 0 Å². The second-order valence-electron chi connectivity index (χ2n) is 4.40. The fourth-order valence-corrected chi connectivity index (χ4v) is 2.49. The van der Waals surface area contributed by atoms with Gasteiger partial charge in [-0.05, 0) is 49.4 Å². The zero-order valence-corrected chi connectivity index (χ0v) is 12.3. The molecule has 2 aromatic rings. The van der Waals surface area contributed by atoms with E-state index in [1.807, 2.05) is 24.3 Å². The van der Waals surface area contributed by atoms with Crippen LogP contribution in [0.2, 0.25) is 0 Å². The predicted octanol–water partition coefficient (Wildman–Crippen LogP) is 4.34. The molecule has 1 atom stereocenters. The Kier molecular flexibility index (Phi) is 4.32. The summed E-state index contributed by atoms with van der Waals surface area (Å²) in [5.41, 5.74) is 1.49. The molecule has 19 heavy (non-hydrogen) atoms. The van der Waals surface area contributed by atoms with Crippen LogP contribution in [0, 0.1) is 18.6 Å². The molecule has 0 fully saturated rings. The average Bonchev–Trinajstić information content (AvgIpc) is 2.36. The zero-order valence-electron chi connectivity index (χ0n) is 10.7. The van der Waals surface area contributed by atoms with Gasteiger partial charge in [0.2, 0.25) is 0 Å². The number of nitrogens with one attached hydrogen (secondary N) is 1. The summed E-state index contributed by atoms with van der Waals surface area (Å²) in [5.74, 6) is -0.801. The maximum Gasteiger partial charge on any atom is 0.128 e. The van der Waals surface area contributed by atoms with Crippen molar-refractivity contribution >= 4 is 15.9 Å². The third-order valence-electron chi connectivity index (χ3n) is 3.06. The Balaban J connectivity index is 2.51. The lowest BCUT2D eigenvalue weighted by molar-refractivity contribution is 0.553. The SMILES string of the molecule is CNC(c1cccc(Br)c1)c1cc(F)c(C)cc1F. The molecule has 0 bridgehead atoms. The number of hydrogen-bond acceptors (Lipinski definition) is 1. The van der Waals surface area contributed by atoms with Crippen molar-refractivity contribution in [2.45, 2.75) is 13.0 Å². The quantitative estimate of drug-likeness (QED) is 0.884. The van der Waals surface area contributed by atoms with E-state index in [0.717, 1.165) is 10.0 Å². The summed E-state index contributed by atoms with van der Waals surface area (Å²) in [6, 6.07) is 9.63. The maximum absolute atomic E-state index is 14.0. The van der Waals surface area contributed by atoms with E-state index in [9.17, 15) is 8.78 Å². The lowest BCUT2D eigenvalue weighted by Crippen LogP contribution is -2.19. The van der Waals surface area contributed by atoms with Gasteiger partial charge in [0.05, 0.1) is 6.04 Å². The zero-order chi connectivity index (χ0) is 14.0. The Morgan fingerprint density at radius 3 is 2.47 bits per heavy atom. The normalized spacial score (nSPS) is 12.5. The van der Waals surface area contributed by atoms with Crippen LogP contribution in [0.4, 0.5) is 8.78 Å². The fourth-order valence-electron chi connectivity index (χ4n) is 2.07. The Morgan fingerprint density at radius 1 is 1.11 bits per heavy atom. The topological polar surface area (TPSA) is 12.0 Å². The van der Waals surface area contributed by atoms with E-state index in [-0.39, 0.29) is 6.04 Å². The number of aryl methyl sites for hydroxylation is 1. The molecule has 0 aliphatic heterocycles. The summed E-state index contributed by atoms with van der Waals surface area (Å²) >= 11 is 3.38. The van der Waals surface area contributed by atoms with Crippen LogP contribution >= 0.6 is 15.9 Å². The van der Waals surface area contributed by atoms with Crippen LogP contribution in [-0.4, -0.2) is 7.05 Å². The highest BCUT2D eigenvalue weighted by atomic mass is 79.9. The van der Waals surface area contributed by atoms with Gasteiger partial charge in [-0.1, -0.05) is 28.1 Å². The summed E-state index contributed by atoms with van der Waals surface area (Å²) in [4.78, 5) is 0. The van der Waals surface area contributed by atoms with Gasteiger partial charge in [-0.15, -0.1) is 0 Å². The number of halogens is 3. The third-order valence-corrected chi connectivity index (χ3v) is 3.55. The summed E-state index contributed by atoms with van der Waals surface area (Å²) < 4.78 is 28.6. The van der Waals surface area contributed by atoms with Crippen LogP contribution in [0.5, 0.6) is 0 Å². The summed E-state index contributed by atoms with van der Waals surface area (Å²) in [7, 11) is 1.72. The number of hydrogen-bond donors (Lipinski definition) is 1. The van der Waals surface area contributed by atoms with Crippen molar-refractivity contribution in [1.82, 2.24) is 5.32 Å². The largest absolute Gasteiger partial charge is 0.309 e. The molecule has 0 amide bonds. The van der Waals surface area contributed by atoms with E-state index in [4.69, 9.17) is 0 Å². The second-order valence-corrected chi connectivity index (χ2v) is 5.32. The highest BCUT2D eigenvalue weighted by Crippen LogP contribution is 2.27. The summed E-state index contributed by atoms with van der Waals surface area (Å²) in [6.07, 6.45) is 0. The Hall–Kier alpha value is -1.26. The predicted molar refractivity (Wildman–Crippen MR) is 76.1 cm³/mol. The molecule has 0 radical (unpaired) electrons. The first-order valence-electron chi connectivity index (χ1n) is 5.91. The van der Waals surface area contributed by atoms with Crippen molar-refractivity contribution in [3.05, 3.63) is 69.2 Å². The second kappa shape index (κ2) is 5.80. The van der Waals surface area contributed by atoms with Crippen molar-refractivity contribution in [3.8, 4) is 0 Å². The molecule has 2 aromatic carbocycles. The van der Waals surface area contributed by atoms with Crippen molar-refractivity contribution in [1.29, 1.82) is 0 Å². The molecule has 4 heteroatoms. The maximum atomic E-state index is 14.0. The molecule has 0 saturated carbocycles. The van der Waals surface area contributed by atoms with Crippen molar-refractivity contribution in [2.24, 2.45) is 0 Å². The van der Waals surface area contributed by atoms with E-state index in [1.54, 1.807) is 14.0 Å². The van der Waals surface area contributed by atoms with E-state index in [0.29, 0.717) is 11.1 Å². The fraction of sp³-hybridized carbons (Fsp3) is 0.200. The number of rotatable bonds is 3. The summed E-state index contributed by atoms with van der Waals surface area (Å²) in [5, 5.41) is 3.02. The average molecular weight is 326 g/mol. The van der Waals surface area contributed by atoms with Gasteiger partial charge in [-0.2, -0.15) is 0 Å². The molecule has 0 heterocycles. The molecular formula is C15H14BrF2N. The molecular weight excluding hydrogens is 312 g/mol. The molecule has 1 unspecified atom stereocenters. The van der Waals surface area contributed by atoms with Crippen LogP contribution in [0.1, 0.15) is 22.7 Å². The molecule has 0 spiro atoms. The van der Waals surface area contributed by atoms with Gasteiger partial charge in [-0.25, -0.2) is 8.78 Å². The Bertz CT molecular complexity index is 599. The highest BCUT2D eigenvalue weighted by molar-refractivity contribution is 9.10. The number of benzene rings is 2. The van der Waals surface area contributed by atoms with E-state index in [1.165, 1.54) is 12.1 Å². The van der Waals surface area contributed by atoms with Crippen LogP contribution in [0.15, 0.2) is 40.9 Å². The van der Waals surface area contributed by atoms with Gasteiger partial charge in [0.15, 0.2) is 0 Å².